The van der Waals surface area contributed by atoms with E-state index in [1.807, 2.05) is 6.07 Å². The van der Waals surface area contributed by atoms with Gasteiger partial charge in [-0.2, -0.15) is 13.2 Å². The number of aromatic nitrogens is 1. The Morgan fingerprint density at radius 2 is 1.76 bits per heavy atom. The van der Waals surface area contributed by atoms with Crippen molar-refractivity contribution in [1.29, 1.82) is 0 Å². The molecule has 0 fully saturated rings. The van der Waals surface area contributed by atoms with Gasteiger partial charge in [-0.05, 0) is 74.4 Å². The van der Waals surface area contributed by atoms with Crippen molar-refractivity contribution in [2.24, 2.45) is 5.41 Å². The van der Waals surface area contributed by atoms with Gasteiger partial charge in [0.1, 0.15) is 21.8 Å². The van der Waals surface area contributed by atoms with Gasteiger partial charge in [0.05, 0.1) is 16.9 Å². The average Bonchev–Trinajstić information content (AvgIpc) is 2.70. The van der Waals surface area contributed by atoms with Crippen molar-refractivity contribution in [2.75, 3.05) is 0 Å². The lowest BCUT2D eigenvalue weighted by atomic mass is 9.72. The highest BCUT2D eigenvalue weighted by Crippen LogP contribution is 2.42. The van der Waals surface area contributed by atoms with Gasteiger partial charge in [0.25, 0.3) is 5.56 Å². The number of rotatable bonds is 5. The van der Waals surface area contributed by atoms with Gasteiger partial charge < -0.3 is 9.16 Å². The topological polar surface area (TPSA) is 40.5 Å². The molecule has 0 radical (unpaired) electrons. The largest absolute Gasteiger partial charge is 0.483 e. The number of hydrogen-bond acceptors (Lipinski definition) is 3. The molecule has 0 N–H and O–H groups in total. The van der Waals surface area contributed by atoms with E-state index in [1.54, 1.807) is 32.2 Å². The van der Waals surface area contributed by atoms with Crippen LogP contribution in [-0.2, 0) is 10.6 Å². The van der Waals surface area contributed by atoms with Crippen molar-refractivity contribution in [3.63, 3.8) is 0 Å². The maximum atomic E-state index is 13.4. The second kappa shape index (κ2) is 8.72. The SMILES string of the molecule is CC(CC(C)(O[SiH3])C(C)(C)C)c1ccn(C2=CC(C)(C)Oc3ccc(C(F)(F)F)cc32)c(=O)c1. The molecular weight excluding hydrogens is 459 g/mol. The van der Waals surface area contributed by atoms with Crippen LogP contribution < -0.4 is 10.3 Å². The van der Waals surface area contributed by atoms with Gasteiger partial charge in [-0.25, -0.2) is 0 Å². The molecule has 186 valence electrons. The molecule has 1 aromatic carbocycles. The molecule has 0 saturated heterocycles. The molecule has 0 amide bonds. The monoisotopic (exact) mass is 493 g/mol. The molecule has 4 nitrogen and oxygen atoms in total. The van der Waals surface area contributed by atoms with Crippen LogP contribution in [-0.4, -0.2) is 26.3 Å². The van der Waals surface area contributed by atoms with Crippen molar-refractivity contribution in [1.82, 2.24) is 4.57 Å². The number of hydrogen-bond donors (Lipinski definition) is 0. The van der Waals surface area contributed by atoms with Gasteiger partial charge in [0.15, 0.2) is 0 Å². The fraction of sp³-hybridized carbons (Fsp3) is 0.500. The van der Waals surface area contributed by atoms with Crippen LogP contribution in [0.25, 0.3) is 5.70 Å². The molecule has 1 aromatic heterocycles. The molecule has 0 spiro atoms. The Kier molecular flexibility index (Phi) is 6.74. The molecule has 1 aliphatic rings. The summed E-state index contributed by atoms with van der Waals surface area (Å²) in [5.74, 6) is 0.370. The Morgan fingerprint density at radius 1 is 1.12 bits per heavy atom. The average molecular weight is 494 g/mol. The second-order valence-corrected chi connectivity index (χ2v) is 11.3. The van der Waals surface area contributed by atoms with Crippen LogP contribution in [0.15, 0.2) is 47.4 Å². The van der Waals surface area contributed by atoms with Crippen LogP contribution in [0.1, 0.15) is 77.5 Å². The van der Waals surface area contributed by atoms with Crippen LogP contribution in [0.5, 0.6) is 5.75 Å². The Balaban J connectivity index is 2.03. The van der Waals surface area contributed by atoms with Gasteiger partial charge in [0, 0.05) is 17.8 Å². The number of fused-ring (bicyclic) bond motifs is 1. The smallest absolute Gasteiger partial charge is 0.416 e. The van der Waals surface area contributed by atoms with Crippen molar-refractivity contribution in [3.8, 4) is 5.75 Å². The van der Waals surface area contributed by atoms with E-state index in [4.69, 9.17) is 9.16 Å². The maximum absolute atomic E-state index is 13.4. The lowest BCUT2D eigenvalue weighted by molar-refractivity contribution is -0.137. The standard InChI is InChI=1S/C26H34F3NO3Si/c1-16(14-25(7,33-34)23(2,3)4)17-10-11-30(22(31)12-17)20-15-24(5,6)32-21-9-8-18(13-19(20)21)26(27,28)29/h8-13,15-16H,14H2,1-7,34H3. The first kappa shape index (κ1) is 26.3. The van der Waals surface area contributed by atoms with Crippen LogP contribution >= 0.6 is 0 Å². The second-order valence-electron chi connectivity index (χ2n) is 10.9. The molecule has 1 aliphatic heterocycles. The highest BCUT2D eigenvalue weighted by molar-refractivity contribution is 5.98. The molecule has 0 bridgehead atoms. The van der Waals surface area contributed by atoms with Gasteiger partial charge in [-0.15, -0.1) is 0 Å². The van der Waals surface area contributed by atoms with E-state index in [2.05, 4.69) is 34.6 Å². The fourth-order valence-electron chi connectivity index (χ4n) is 4.31. The third-order valence-corrected chi connectivity index (χ3v) is 7.85. The molecule has 2 aromatic rings. The van der Waals surface area contributed by atoms with Crippen LogP contribution in [0, 0.1) is 5.41 Å². The van der Waals surface area contributed by atoms with Gasteiger partial charge >= 0.3 is 6.18 Å². The normalized spacial score (nSPS) is 18.5. The molecule has 8 heteroatoms. The number of nitrogens with zero attached hydrogens (tertiary/aromatic N) is 1. The maximum Gasteiger partial charge on any atom is 0.416 e. The highest BCUT2D eigenvalue weighted by atomic mass is 28.2. The van der Waals surface area contributed by atoms with Gasteiger partial charge in [0.2, 0.25) is 0 Å². The van der Waals surface area contributed by atoms with Crippen LogP contribution in [0.3, 0.4) is 0 Å². The van der Waals surface area contributed by atoms with E-state index in [0.717, 1.165) is 24.1 Å². The zero-order valence-electron chi connectivity index (χ0n) is 21.1. The van der Waals surface area contributed by atoms with E-state index in [0.29, 0.717) is 21.9 Å². The van der Waals surface area contributed by atoms with Gasteiger partial charge in [-0.1, -0.05) is 27.7 Å². The Labute approximate surface area is 202 Å². The van der Waals surface area contributed by atoms with Crippen molar-refractivity contribution in [2.45, 2.75) is 78.2 Å². The molecule has 2 heterocycles. The lowest BCUT2D eigenvalue weighted by Gasteiger charge is -2.43. The van der Waals surface area contributed by atoms with Crippen LogP contribution in [0.2, 0.25) is 0 Å². The van der Waals surface area contributed by atoms with E-state index in [-0.39, 0.29) is 28.1 Å². The number of ether oxygens (including phenoxy) is 1. The summed E-state index contributed by atoms with van der Waals surface area (Å²) < 4.78 is 53.4. The number of benzene rings is 1. The zero-order valence-corrected chi connectivity index (χ0v) is 23.1. The first-order valence-corrected chi connectivity index (χ1v) is 12.2. The molecule has 2 atom stereocenters. The summed E-state index contributed by atoms with van der Waals surface area (Å²) in [4.78, 5) is 13.2. The van der Waals surface area contributed by atoms with E-state index < -0.39 is 17.3 Å². The molecular formula is C26H34F3NO3Si. The van der Waals surface area contributed by atoms with E-state index in [9.17, 15) is 18.0 Å². The summed E-state index contributed by atoms with van der Waals surface area (Å²) in [7, 11) is 0.607. The van der Waals surface area contributed by atoms with Crippen molar-refractivity contribution < 1.29 is 22.3 Å². The molecule has 0 saturated carbocycles. The Morgan fingerprint density at radius 3 is 2.29 bits per heavy atom. The minimum Gasteiger partial charge on any atom is -0.483 e. The van der Waals surface area contributed by atoms with E-state index >= 15 is 0 Å². The number of pyridine rings is 1. The summed E-state index contributed by atoms with van der Waals surface area (Å²) in [6, 6.07) is 6.78. The summed E-state index contributed by atoms with van der Waals surface area (Å²) in [6.07, 6.45) is -0.431. The summed E-state index contributed by atoms with van der Waals surface area (Å²) >= 11 is 0. The quantitative estimate of drug-likeness (QED) is 0.515. The predicted octanol–water partition coefficient (Wildman–Crippen LogP) is 5.52. The first-order valence-electron chi connectivity index (χ1n) is 11.4. The van der Waals surface area contributed by atoms with E-state index in [1.165, 1.54) is 10.6 Å². The fourth-order valence-corrected chi connectivity index (χ4v) is 5.09. The molecule has 2 unspecified atom stereocenters. The third kappa shape index (κ3) is 5.17. The number of alkyl halides is 3. The van der Waals surface area contributed by atoms with Gasteiger partial charge in [-0.3, -0.25) is 9.36 Å². The number of halogens is 3. The Bertz CT molecular complexity index is 1160. The minimum atomic E-state index is -4.50. The predicted molar refractivity (Wildman–Crippen MR) is 132 cm³/mol. The summed E-state index contributed by atoms with van der Waals surface area (Å²) in [5, 5.41) is 0. The molecule has 0 aliphatic carbocycles. The third-order valence-electron chi connectivity index (χ3n) is 6.95. The first-order chi connectivity index (χ1) is 15.5. The van der Waals surface area contributed by atoms with Crippen molar-refractivity contribution in [3.05, 3.63) is 69.6 Å². The lowest BCUT2D eigenvalue weighted by Crippen LogP contribution is -2.43. The summed E-state index contributed by atoms with van der Waals surface area (Å²) in [5.41, 5.74) is -0.810. The molecule has 34 heavy (non-hydrogen) atoms. The van der Waals surface area contributed by atoms with Crippen LogP contribution in [0.4, 0.5) is 13.2 Å². The highest BCUT2D eigenvalue weighted by Gasteiger charge is 2.38. The minimum absolute atomic E-state index is 0.0600. The zero-order chi connectivity index (χ0) is 25.7. The van der Waals surface area contributed by atoms with Crippen molar-refractivity contribution >= 4 is 16.2 Å². The molecule has 3 rings (SSSR count). The summed E-state index contributed by atoms with van der Waals surface area (Å²) in [6.45, 7) is 14.2. The Hall–Kier alpha value is -2.32.